The van der Waals surface area contributed by atoms with Crippen molar-refractivity contribution in [3.05, 3.63) is 58.9 Å². The van der Waals surface area contributed by atoms with Crippen LogP contribution < -0.4 is 19.3 Å². The van der Waals surface area contributed by atoms with Crippen molar-refractivity contribution in [2.75, 3.05) is 49.2 Å². The summed E-state index contributed by atoms with van der Waals surface area (Å²) < 4.78 is 12.5. The summed E-state index contributed by atoms with van der Waals surface area (Å²) in [6.45, 7) is 18.3. The number of nitriles is 2. The highest BCUT2D eigenvalue weighted by atomic mass is 16.5. The van der Waals surface area contributed by atoms with E-state index in [0.29, 0.717) is 13.2 Å². The van der Waals surface area contributed by atoms with Gasteiger partial charge in [0.2, 0.25) is 0 Å². The number of hydrogen-bond acceptors (Lipinski definition) is 8. The fourth-order valence-electron chi connectivity index (χ4n) is 5.25. The highest BCUT2D eigenvalue weighted by Gasteiger charge is 2.13. The molecule has 0 aliphatic rings. The summed E-state index contributed by atoms with van der Waals surface area (Å²) in [5, 5.41) is 20.1. The Hall–Kier alpha value is -4.30. The predicted molar refractivity (Wildman–Crippen MR) is 211 cm³/mol. The summed E-state index contributed by atoms with van der Waals surface area (Å²) in [6.07, 6.45) is 16.2. The standard InChI is InChI=1S/C42H62N6O2/c1-7-13-23-47(24-14-8-2)37-21-19-35(41(29-37)49-27-17-11-5)33-45-39(31-43)40(32-44)46-34-36-20-22-38(30-42(36)50-28-18-12-6)48(25-15-9-3)26-16-10-4/h19-22,29-30,33-34H,7-18,23-28H2,1-6H3/b40-39+,45-33?,46-34?. The molecule has 0 aromatic heterocycles. The SMILES string of the molecule is CCCCOc1cc(N(CCCC)CCCC)ccc1C=N/C(C#N)=C(\C#N)N=Cc1ccc(N(CCCC)CCCC)cc1OCCCC. The fourth-order valence-corrected chi connectivity index (χ4v) is 5.25. The van der Waals surface area contributed by atoms with Crippen LogP contribution in [0.2, 0.25) is 0 Å². The van der Waals surface area contributed by atoms with E-state index in [1.54, 1.807) is 12.4 Å². The molecule has 50 heavy (non-hydrogen) atoms. The Kier molecular flexibility index (Phi) is 21.5. The molecule has 0 saturated heterocycles. The zero-order chi connectivity index (χ0) is 36.4. The number of unbranched alkanes of at least 4 members (excludes halogenated alkanes) is 6. The van der Waals surface area contributed by atoms with E-state index in [1.807, 2.05) is 12.1 Å². The number of anilines is 2. The van der Waals surface area contributed by atoms with Crippen LogP contribution in [-0.2, 0) is 0 Å². The monoisotopic (exact) mass is 682 g/mol. The number of rotatable bonds is 26. The normalized spacial score (nSPS) is 11.8. The molecule has 8 heteroatoms. The Bertz CT molecular complexity index is 1310. The average Bonchev–Trinajstić information content (AvgIpc) is 3.14. The van der Waals surface area contributed by atoms with E-state index in [2.05, 4.69) is 97.7 Å². The molecule has 0 saturated carbocycles. The molecule has 0 unspecified atom stereocenters. The molecule has 2 aromatic carbocycles. The second kappa shape index (κ2) is 25.6. The lowest BCUT2D eigenvalue weighted by molar-refractivity contribution is 0.309. The van der Waals surface area contributed by atoms with Crippen molar-refractivity contribution >= 4 is 23.8 Å². The third-order valence-corrected chi connectivity index (χ3v) is 8.46. The summed E-state index contributed by atoms with van der Waals surface area (Å²) in [5.41, 5.74) is 3.63. The zero-order valence-electron chi connectivity index (χ0n) is 31.8. The third-order valence-electron chi connectivity index (χ3n) is 8.46. The van der Waals surface area contributed by atoms with Crippen molar-refractivity contribution in [2.24, 2.45) is 9.98 Å². The number of aliphatic imine (C=N–C) groups is 2. The van der Waals surface area contributed by atoms with Gasteiger partial charge in [0.05, 0.1) is 13.2 Å². The van der Waals surface area contributed by atoms with Gasteiger partial charge in [-0.15, -0.1) is 0 Å². The molecular weight excluding hydrogens is 621 g/mol. The van der Waals surface area contributed by atoms with Gasteiger partial charge in [0.15, 0.2) is 11.4 Å². The minimum atomic E-state index is -0.0600. The number of hydrogen-bond donors (Lipinski definition) is 0. The van der Waals surface area contributed by atoms with E-state index in [4.69, 9.17) is 9.47 Å². The number of allylic oxidation sites excluding steroid dienone is 2. The lowest BCUT2D eigenvalue weighted by Crippen LogP contribution is -2.25. The maximum Gasteiger partial charge on any atom is 0.176 e. The Morgan fingerprint density at radius 3 is 1.20 bits per heavy atom. The van der Waals surface area contributed by atoms with Crippen LogP contribution in [-0.4, -0.2) is 51.8 Å². The predicted octanol–water partition coefficient (Wildman–Crippen LogP) is 10.7. The van der Waals surface area contributed by atoms with Gasteiger partial charge in [0, 0.05) is 73.2 Å². The molecule has 2 rings (SSSR count). The van der Waals surface area contributed by atoms with Crippen molar-refractivity contribution in [3.8, 4) is 23.6 Å². The Morgan fingerprint density at radius 2 is 0.900 bits per heavy atom. The molecule has 0 bridgehead atoms. The van der Waals surface area contributed by atoms with Crippen LogP contribution in [0.3, 0.4) is 0 Å². The first-order valence-electron chi connectivity index (χ1n) is 19.2. The molecule has 0 atom stereocenters. The second-order valence-corrected chi connectivity index (χ2v) is 12.7. The van der Waals surface area contributed by atoms with Crippen LogP contribution >= 0.6 is 0 Å². The molecule has 0 aliphatic heterocycles. The number of benzene rings is 2. The van der Waals surface area contributed by atoms with Crippen LogP contribution in [0.5, 0.6) is 11.5 Å². The summed E-state index contributed by atoms with van der Waals surface area (Å²) in [6, 6.07) is 16.5. The van der Waals surface area contributed by atoms with Gasteiger partial charge in [-0.05, 0) is 62.8 Å². The van der Waals surface area contributed by atoms with Gasteiger partial charge in [-0.3, -0.25) is 0 Å². The molecule has 0 heterocycles. The van der Waals surface area contributed by atoms with E-state index >= 15 is 0 Å². The van der Waals surface area contributed by atoms with E-state index in [-0.39, 0.29) is 11.4 Å². The zero-order valence-corrected chi connectivity index (χ0v) is 31.8. The molecular formula is C42H62N6O2. The van der Waals surface area contributed by atoms with Gasteiger partial charge in [-0.25, -0.2) is 9.98 Å². The number of ether oxygens (including phenoxy) is 2. The van der Waals surface area contributed by atoms with Crippen LogP contribution in [0, 0.1) is 22.7 Å². The van der Waals surface area contributed by atoms with E-state index in [9.17, 15) is 10.5 Å². The summed E-state index contributed by atoms with van der Waals surface area (Å²) in [5.74, 6) is 1.44. The second-order valence-electron chi connectivity index (χ2n) is 12.7. The van der Waals surface area contributed by atoms with Crippen molar-refractivity contribution in [3.63, 3.8) is 0 Å². The molecule has 0 aliphatic carbocycles. The van der Waals surface area contributed by atoms with Gasteiger partial charge < -0.3 is 19.3 Å². The highest BCUT2D eigenvalue weighted by molar-refractivity contribution is 5.87. The molecule has 0 fully saturated rings. The number of nitrogens with zero attached hydrogens (tertiary/aromatic N) is 6. The molecule has 0 N–H and O–H groups in total. The fraction of sp³-hybridized carbons (Fsp3) is 0.571. The first-order valence-corrected chi connectivity index (χ1v) is 19.2. The van der Waals surface area contributed by atoms with Crippen LogP contribution in [0.4, 0.5) is 11.4 Å². The molecule has 2 aromatic rings. The molecule has 272 valence electrons. The first-order chi connectivity index (χ1) is 24.5. The van der Waals surface area contributed by atoms with Crippen LogP contribution in [0.15, 0.2) is 57.8 Å². The average molecular weight is 683 g/mol. The maximum atomic E-state index is 10.0. The Morgan fingerprint density at radius 1 is 0.560 bits per heavy atom. The highest BCUT2D eigenvalue weighted by Crippen LogP contribution is 2.28. The molecule has 8 nitrogen and oxygen atoms in total. The van der Waals surface area contributed by atoms with E-state index < -0.39 is 0 Å². The lowest BCUT2D eigenvalue weighted by Gasteiger charge is -2.25. The van der Waals surface area contributed by atoms with Crippen LogP contribution in [0.1, 0.15) is 130 Å². The Balaban J connectivity index is 2.47. The molecule has 0 radical (unpaired) electrons. The van der Waals surface area contributed by atoms with Gasteiger partial charge in [-0.1, -0.05) is 80.1 Å². The summed E-state index contributed by atoms with van der Waals surface area (Å²) in [4.78, 5) is 13.8. The van der Waals surface area contributed by atoms with Gasteiger partial charge in [0.1, 0.15) is 23.6 Å². The van der Waals surface area contributed by atoms with Gasteiger partial charge >= 0.3 is 0 Å². The quantitative estimate of drug-likeness (QED) is 0.0556. The van der Waals surface area contributed by atoms with E-state index in [1.165, 1.54) is 0 Å². The largest absolute Gasteiger partial charge is 0.493 e. The molecule has 0 amide bonds. The topological polar surface area (TPSA) is 97.2 Å². The Labute approximate surface area is 303 Å². The smallest absolute Gasteiger partial charge is 0.176 e. The minimum Gasteiger partial charge on any atom is -0.493 e. The van der Waals surface area contributed by atoms with Gasteiger partial charge in [-0.2, -0.15) is 10.5 Å². The van der Waals surface area contributed by atoms with Crippen molar-refractivity contribution in [1.82, 2.24) is 0 Å². The molecule has 0 spiro atoms. The summed E-state index contributed by atoms with van der Waals surface area (Å²) >= 11 is 0. The van der Waals surface area contributed by atoms with Gasteiger partial charge in [0.25, 0.3) is 0 Å². The van der Waals surface area contributed by atoms with Crippen molar-refractivity contribution in [2.45, 2.75) is 119 Å². The third kappa shape index (κ3) is 14.7. The summed E-state index contributed by atoms with van der Waals surface area (Å²) in [7, 11) is 0. The van der Waals surface area contributed by atoms with Crippen molar-refractivity contribution in [1.29, 1.82) is 10.5 Å². The lowest BCUT2D eigenvalue weighted by atomic mass is 10.1. The minimum absolute atomic E-state index is 0.0600. The van der Waals surface area contributed by atoms with Crippen molar-refractivity contribution < 1.29 is 9.47 Å². The van der Waals surface area contributed by atoms with Crippen LogP contribution in [0.25, 0.3) is 0 Å². The van der Waals surface area contributed by atoms with E-state index in [0.717, 1.165) is 137 Å². The first kappa shape index (κ1) is 41.9. The maximum absolute atomic E-state index is 10.0.